The van der Waals surface area contributed by atoms with Gasteiger partial charge in [-0.1, -0.05) is 36.4 Å². The van der Waals surface area contributed by atoms with E-state index in [0.717, 1.165) is 5.69 Å². The lowest BCUT2D eigenvalue weighted by molar-refractivity contribution is -0.119. The molecule has 0 saturated carbocycles. The fourth-order valence-corrected chi connectivity index (χ4v) is 2.50. The highest BCUT2D eigenvalue weighted by molar-refractivity contribution is 5.96. The van der Waals surface area contributed by atoms with Gasteiger partial charge in [0.15, 0.2) is 0 Å². The fourth-order valence-electron chi connectivity index (χ4n) is 2.50. The Morgan fingerprint density at radius 1 is 1.04 bits per heavy atom. The molecule has 0 unspecified atom stereocenters. The number of hydrazone groups is 1. The van der Waals surface area contributed by atoms with Crippen molar-refractivity contribution < 1.29 is 18.7 Å². The number of hydrogen-bond donors (Lipinski definition) is 2. The topological polar surface area (TPSA) is 92.9 Å². The first-order valence-corrected chi connectivity index (χ1v) is 8.56. The predicted molar refractivity (Wildman–Crippen MR) is 106 cm³/mol. The summed E-state index contributed by atoms with van der Waals surface area (Å²) >= 11 is 0. The van der Waals surface area contributed by atoms with Gasteiger partial charge in [-0.2, -0.15) is 5.10 Å². The number of rotatable bonds is 7. The van der Waals surface area contributed by atoms with E-state index in [4.69, 9.17) is 9.15 Å². The van der Waals surface area contributed by atoms with Crippen molar-refractivity contribution in [1.29, 1.82) is 0 Å². The highest BCUT2D eigenvalue weighted by Crippen LogP contribution is 2.25. The van der Waals surface area contributed by atoms with Crippen molar-refractivity contribution >= 4 is 23.8 Å². The maximum atomic E-state index is 11.9. The zero-order chi connectivity index (χ0) is 19.8. The molecule has 0 saturated heterocycles. The standard InChI is InChI=1S/C21H19N3O4/c1-27-21(26)18-10-6-5-9-17(18)19-12-11-16(28-19)13-23-24-20(25)14-22-15-7-3-2-4-8-15/h2-13,22H,14H2,1H3,(H,24,25)/b23-13-. The number of esters is 1. The summed E-state index contributed by atoms with van der Waals surface area (Å²) in [5.41, 5.74) is 4.29. The summed E-state index contributed by atoms with van der Waals surface area (Å²) in [7, 11) is 1.33. The van der Waals surface area contributed by atoms with Crippen LogP contribution in [0, 0.1) is 0 Å². The van der Waals surface area contributed by atoms with Gasteiger partial charge in [-0.25, -0.2) is 10.2 Å². The van der Waals surface area contributed by atoms with Crippen LogP contribution in [0.4, 0.5) is 5.69 Å². The average molecular weight is 377 g/mol. The zero-order valence-electron chi connectivity index (χ0n) is 15.2. The molecule has 0 aliphatic rings. The molecule has 0 bridgehead atoms. The van der Waals surface area contributed by atoms with Crippen LogP contribution < -0.4 is 10.7 Å². The van der Waals surface area contributed by atoms with Crippen molar-refractivity contribution in [2.75, 3.05) is 19.0 Å². The number of amides is 1. The van der Waals surface area contributed by atoms with Crippen LogP contribution in [0.5, 0.6) is 0 Å². The van der Waals surface area contributed by atoms with E-state index < -0.39 is 5.97 Å². The predicted octanol–water partition coefficient (Wildman–Crippen LogP) is 3.30. The Bertz CT molecular complexity index is 980. The van der Waals surface area contributed by atoms with Crippen LogP contribution in [0.2, 0.25) is 0 Å². The van der Waals surface area contributed by atoms with E-state index >= 15 is 0 Å². The van der Waals surface area contributed by atoms with Crippen molar-refractivity contribution in [3.8, 4) is 11.3 Å². The number of nitrogens with zero attached hydrogens (tertiary/aromatic N) is 1. The van der Waals surface area contributed by atoms with Crippen molar-refractivity contribution in [3.63, 3.8) is 0 Å². The average Bonchev–Trinajstić information content (AvgIpc) is 3.21. The summed E-state index contributed by atoms with van der Waals surface area (Å²) in [5, 5.41) is 6.87. The van der Waals surface area contributed by atoms with Crippen LogP contribution in [0.25, 0.3) is 11.3 Å². The lowest BCUT2D eigenvalue weighted by atomic mass is 10.1. The number of anilines is 1. The summed E-state index contributed by atoms with van der Waals surface area (Å²) in [4.78, 5) is 23.7. The summed E-state index contributed by atoms with van der Waals surface area (Å²) < 4.78 is 10.5. The molecule has 0 aliphatic heterocycles. The number of carbonyl (C=O) groups excluding carboxylic acids is 2. The second-order valence-corrected chi connectivity index (χ2v) is 5.75. The minimum Gasteiger partial charge on any atom is -0.465 e. The van der Waals surface area contributed by atoms with Crippen molar-refractivity contribution in [1.82, 2.24) is 5.43 Å². The smallest absolute Gasteiger partial charge is 0.338 e. The number of carbonyl (C=O) groups is 2. The largest absolute Gasteiger partial charge is 0.465 e. The molecule has 0 atom stereocenters. The molecule has 2 N–H and O–H groups in total. The van der Waals surface area contributed by atoms with Gasteiger partial charge in [0.05, 0.1) is 25.4 Å². The molecule has 0 radical (unpaired) electrons. The normalized spacial score (nSPS) is 10.6. The number of para-hydroxylation sites is 1. The number of furan rings is 1. The van der Waals surface area contributed by atoms with Gasteiger partial charge in [0.2, 0.25) is 0 Å². The van der Waals surface area contributed by atoms with E-state index in [1.54, 1.807) is 36.4 Å². The van der Waals surface area contributed by atoms with Gasteiger partial charge in [0, 0.05) is 11.3 Å². The number of benzene rings is 2. The molecule has 7 nitrogen and oxygen atoms in total. The Morgan fingerprint density at radius 3 is 2.57 bits per heavy atom. The molecule has 3 rings (SSSR count). The number of ether oxygens (including phenoxy) is 1. The third-order valence-electron chi connectivity index (χ3n) is 3.83. The Morgan fingerprint density at radius 2 is 1.79 bits per heavy atom. The van der Waals surface area contributed by atoms with Crippen LogP contribution >= 0.6 is 0 Å². The van der Waals surface area contributed by atoms with Crippen molar-refractivity contribution in [3.05, 3.63) is 78.1 Å². The lowest BCUT2D eigenvalue weighted by Gasteiger charge is -2.05. The Kier molecular flexibility index (Phi) is 6.20. The van der Waals surface area contributed by atoms with E-state index in [1.165, 1.54) is 13.3 Å². The van der Waals surface area contributed by atoms with Gasteiger partial charge in [-0.05, 0) is 30.3 Å². The first kappa shape index (κ1) is 18.9. The molecule has 2 aromatic carbocycles. The van der Waals surface area contributed by atoms with Gasteiger partial charge in [-0.3, -0.25) is 4.79 Å². The van der Waals surface area contributed by atoms with Crippen LogP contribution in [0.1, 0.15) is 16.1 Å². The monoisotopic (exact) mass is 377 g/mol. The molecule has 0 fully saturated rings. The molecule has 0 spiro atoms. The van der Waals surface area contributed by atoms with Crippen LogP contribution in [-0.4, -0.2) is 31.7 Å². The lowest BCUT2D eigenvalue weighted by Crippen LogP contribution is -2.25. The molecular formula is C21H19N3O4. The second-order valence-electron chi connectivity index (χ2n) is 5.75. The fraction of sp³-hybridized carbons (Fsp3) is 0.0952. The second kappa shape index (κ2) is 9.18. The van der Waals surface area contributed by atoms with Crippen molar-refractivity contribution in [2.24, 2.45) is 5.10 Å². The molecule has 0 aliphatic carbocycles. The Balaban J connectivity index is 1.59. The maximum Gasteiger partial charge on any atom is 0.338 e. The van der Waals surface area contributed by atoms with Gasteiger partial charge in [-0.15, -0.1) is 0 Å². The molecule has 7 heteroatoms. The molecule has 142 valence electrons. The van der Waals surface area contributed by atoms with E-state index in [2.05, 4.69) is 15.8 Å². The van der Waals surface area contributed by atoms with Crippen LogP contribution in [-0.2, 0) is 9.53 Å². The quantitative estimate of drug-likeness (QED) is 0.374. The minimum atomic E-state index is -0.444. The minimum absolute atomic E-state index is 0.0945. The first-order chi connectivity index (χ1) is 13.7. The highest BCUT2D eigenvalue weighted by atomic mass is 16.5. The first-order valence-electron chi connectivity index (χ1n) is 8.56. The van der Waals surface area contributed by atoms with Gasteiger partial charge in [0.25, 0.3) is 5.91 Å². The maximum absolute atomic E-state index is 11.9. The molecule has 28 heavy (non-hydrogen) atoms. The molecule has 3 aromatic rings. The van der Waals surface area contributed by atoms with E-state index in [-0.39, 0.29) is 12.5 Å². The molecular weight excluding hydrogens is 358 g/mol. The summed E-state index contributed by atoms with van der Waals surface area (Å²) in [5.74, 6) is 0.203. The van der Waals surface area contributed by atoms with Crippen molar-refractivity contribution in [2.45, 2.75) is 0 Å². The molecule has 1 aromatic heterocycles. The number of methoxy groups -OCH3 is 1. The summed E-state index contributed by atoms with van der Waals surface area (Å²) in [6, 6.07) is 19.8. The van der Waals surface area contributed by atoms with E-state index in [1.807, 2.05) is 30.3 Å². The van der Waals surface area contributed by atoms with Crippen LogP contribution in [0.3, 0.4) is 0 Å². The zero-order valence-corrected chi connectivity index (χ0v) is 15.2. The number of nitrogens with one attached hydrogen (secondary N) is 2. The van der Waals surface area contributed by atoms with Gasteiger partial charge < -0.3 is 14.5 Å². The number of hydrogen-bond acceptors (Lipinski definition) is 6. The van der Waals surface area contributed by atoms with E-state index in [9.17, 15) is 9.59 Å². The van der Waals surface area contributed by atoms with E-state index in [0.29, 0.717) is 22.6 Å². The molecule has 1 heterocycles. The molecule has 1 amide bonds. The Hall–Kier alpha value is -3.87. The Labute approximate surface area is 162 Å². The highest BCUT2D eigenvalue weighted by Gasteiger charge is 2.15. The third kappa shape index (κ3) is 4.85. The summed E-state index contributed by atoms with van der Waals surface area (Å²) in [6.45, 7) is 0.0945. The SMILES string of the molecule is COC(=O)c1ccccc1-c1ccc(/C=N\NC(=O)CNc2ccccc2)o1. The summed E-state index contributed by atoms with van der Waals surface area (Å²) in [6.07, 6.45) is 1.39. The van der Waals surface area contributed by atoms with Crippen LogP contribution in [0.15, 0.2) is 76.2 Å². The van der Waals surface area contributed by atoms with Gasteiger partial charge >= 0.3 is 5.97 Å². The van der Waals surface area contributed by atoms with Gasteiger partial charge in [0.1, 0.15) is 11.5 Å². The third-order valence-corrected chi connectivity index (χ3v) is 3.83.